The van der Waals surface area contributed by atoms with Crippen LogP contribution in [0.25, 0.3) is 0 Å². The zero-order valence-electron chi connectivity index (χ0n) is 9.85. The molecule has 2 aromatic rings. The molecule has 0 aliphatic rings. The number of anilines is 2. The normalized spacial score (nSPS) is 8.83. The van der Waals surface area contributed by atoms with Crippen LogP contribution in [0.15, 0.2) is 54.6 Å². The SMILES string of the molecule is N#CCC#Cc1ccc(Nc2ccccc2)cc1. The maximum atomic E-state index is 8.39. The summed E-state index contributed by atoms with van der Waals surface area (Å²) in [7, 11) is 0. The number of benzene rings is 2. The first-order valence-corrected chi connectivity index (χ1v) is 5.66. The topological polar surface area (TPSA) is 35.8 Å². The highest BCUT2D eigenvalue weighted by molar-refractivity contribution is 5.60. The van der Waals surface area contributed by atoms with Gasteiger partial charge in [-0.3, -0.25) is 0 Å². The summed E-state index contributed by atoms with van der Waals surface area (Å²) in [4.78, 5) is 0. The van der Waals surface area contributed by atoms with E-state index in [1.165, 1.54) is 0 Å². The number of nitrogens with one attached hydrogen (secondary N) is 1. The predicted octanol–water partition coefficient (Wildman–Crippen LogP) is 3.70. The molecule has 0 aliphatic heterocycles. The van der Waals surface area contributed by atoms with Gasteiger partial charge in [0.2, 0.25) is 0 Å². The lowest BCUT2D eigenvalue weighted by atomic mass is 10.2. The molecule has 0 fully saturated rings. The Labute approximate surface area is 107 Å². The maximum Gasteiger partial charge on any atom is 0.0966 e. The van der Waals surface area contributed by atoms with Crippen LogP contribution >= 0.6 is 0 Å². The molecule has 0 aromatic heterocycles. The van der Waals surface area contributed by atoms with Crippen molar-refractivity contribution in [3.63, 3.8) is 0 Å². The van der Waals surface area contributed by atoms with E-state index in [0.29, 0.717) is 0 Å². The first-order valence-electron chi connectivity index (χ1n) is 5.66. The van der Waals surface area contributed by atoms with Gasteiger partial charge in [0.15, 0.2) is 0 Å². The summed E-state index contributed by atoms with van der Waals surface area (Å²) >= 11 is 0. The van der Waals surface area contributed by atoms with E-state index in [-0.39, 0.29) is 6.42 Å². The van der Waals surface area contributed by atoms with Crippen molar-refractivity contribution in [1.82, 2.24) is 0 Å². The lowest BCUT2D eigenvalue weighted by Crippen LogP contribution is -1.89. The van der Waals surface area contributed by atoms with Crippen LogP contribution in [0, 0.1) is 23.2 Å². The highest BCUT2D eigenvalue weighted by atomic mass is 14.9. The molecular weight excluding hydrogens is 220 g/mol. The van der Waals surface area contributed by atoms with E-state index >= 15 is 0 Å². The fourth-order valence-corrected chi connectivity index (χ4v) is 1.51. The molecule has 2 rings (SSSR count). The fourth-order valence-electron chi connectivity index (χ4n) is 1.51. The molecular formula is C16H12N2. The molecule has 2 nitrogen and oxygen atoms in total. The molecule has 0 heterocycles. The highest BCUT2D eigenvalue weighted by Crippen LogP contribution is 2.16. The number of rotatable bonds is 2. The average molecular weight is 232 g/mol. The van der Waals surface area contributed by atoms with Gasteiger partial charge >= 0.3 is 0 Å². The summed E-state index contributed by atoms with van der Waals surface area (Å²) in [5, 5.41) is 11.7. The molecule has 0 spiro atoms. The Hall–Kier alpha value is -2.71. The molecule has 0 radical (unpaired) electrons. The number of nitrogens with zero attached hydrogens (tertiary/aromatic N) is 1. The van der Waals surface area contributed by atoms with Crippen LogP contribution in [0.4, 0.5) is 11.4 Å². The molecule has 0 unspecified atom stereocenters. The van der Waals surface area contributed by atoms with Gasteiger partial charge in [0.1, 0.15) is 0 Å². The third-order valence-electron chi connectivity index (χ3n) is 2.35. The summed E-state index contributed by atoms with van der Waals surface area (Å²) < 4.78 is 0. The van der Waals surface area contributed by atoms with Crippen LogP contribution in [0.3, 0.4) is 0 Å². The second-order valence-electron chi connectivity index (χ2n) is 3.71. The highest BCUT2D eigenvalue weighted by Gasteiger charge is 1.93. The largest absolute Gasteiger partial charge is 0.356 e. The van der Waals surface area contributed by atoms with E-state index in [9.17, 15) is 0 Å². The van der Waals surface area contributed by atoms with Crippen LogP contribution in [-0.4, -0.2) is 0 Å². The third kappa shape index (κ3) is 3.40. The van der Waals surface area contributed by atoms with E-state index in [1.54, 1.807) is 0 Å². The molecule has 0 amide bonds. The number of para-hydroxylation sites is 1. The molecule has 0 saturated heterocycles. The van der Waals surface area contributed by atoms with Gasteiger partial charge in [0.25, 0.3) is 0 Å². The second-order valence-corrected chi connectivity index (χ2v) is 3.71. The minimum atomic E-state index is 0.268. The van der Waals surface area contributed by atoms with Crippen LogP contribution in [-0.2, 0) is 0 Å². The molecule has 86 valence electrons. The van der Waals surface area contributed by atoms with E-state index in [1.807, 2.05) is 60.7 Å². The van der Waals surface area contributed by atoms with E-state index < -0.39 is 0 Å². The maximum absolute atomic E-state index is 8.39. The zero-order valence-corrected chi connectivity index (χ0v) is 9.85. The first-order chi connectivity index (χ1) is 8.88. The van der Waals surface area contributed by atoms with Crippen molar-refractivity contribution >= 4 is 11.4 Å². The summed E-state index contributed by atoms with van der Waals surface area (Å²) in [6, 6.07) is 19.8. The van der Waals surface area contributed by atoms with Gasteiger partial charge in [-0.05, 0) is 36.4 Å². The van der Waals surface area contributed by atoms with Crippen molar-refractivity contribution < 1.29 is 0 Å². The molecule has 1 N–H and O–H groups in total. The standard InChI is InChI=1S/C16H12N2/c17-13-5-4-6-14-9-11-16(12-10-14)18-15-7-2-1-3-8-15/h1-3,7-12,18H,5H2. The molecule has 0 atom stereocenters. The van der Waals surface area contributed by atoms with Crippen LogP contribution < -0.4 is 5.32 Å². The Morgan fingerprint density at radius 1 is 0.889 bits per heavy atom. The van der Waals surface area contributed by atoms with Gasteiger partial charge in [0, 0.05) is 16.9 Å². The summed E-state index contributed by atoms with van der Waals surface area (Å²) in [5.41, 5.74) is 3.00. The molecule has 2 heteroatoms. The molecule has 0 bridgehead atoms. The first kappa shape index (κ1) is 11.8. The van der Waals surface area contributed by atoms with Crippen LogP contribution in [0.5, 0.6) is 0 Å². The Kier molecular flexibility index (Phi) is 4.01. The monoisotopic (exact) mass is 232 g/mol. The molecule has 0 saturated carbocycles. The number of hydrogen-bond acceptors (Lipinski definition) is 2. The Morgan fingerprint density at radius 2 is 1.56 bits per heavy atom. The van der Waals surface area contributed by atoms with Gasteiger partial charge in [-0.2, -0.15) is 5.26 Å². The van der Waals surface area contributed by atoms with E-state index in [2.05, 4.69) is 17.2 Å². The number of nitriles is 1. The quantitative estimate of drug-likeness (QED) is 0.801. The average Bonchev–Trinajstić information content (AvgIpc) is 2.42. The smallest absolute Gasteiger partial charge is 0.0966 e. The summed E-state index contributed by atoms with van der Waals surface area (Å²) in [5.74, 6) is 5.73. The lowest BCUT2D eigenvalue weighted by Gasteiger charge is -2.05. The van der Waals surface area contributed by atoms with Crippen molar-refractivity contribution in [1.29, 1.82) is 5.26 Å². The third-order valence-corrected chi connectivity index (χ3v) is 2.35. The second kappa shape index (κ2) is 6.13. The van der Waals surface area contributed by atoms with Gasteiger partial charge < -0.3 is 5.32 Å². The predicted molar refractivity (Wildman–Crippen MR) is 73.3 cm³/mol. The van der Waals surface area contributed by atoms with Crippen LogP contribution in [0.2, 0.25) is 0 Å². The fraction of sp³-hybridized carbons (Fsp3) is 0.0625. The Balaban J connectivity index is 2.05. The zero-order chi connectivity index (χ0) is 12.6. The Morgan fingerprint density at radius 3 is 2.22 bits per heavy atom. The molecule has 18 heavy (non-hydrogen) atoms. The van der Waals surface area contributed by atoms with Crippen molar-refractivity contribution in [2.75, 3.05) is 5.32 Å². The lowest BCUT2D eigenvalue weighted by molar-refractivity contribution is 1.39. The Bertz CT molecular complexity index is 596. The summed E-state index contributed by atoms with van der Waals surface area (Å²) in [6.07, 6.45) is 0.268. The molecule has 2 aromatic carbocycles. The van der Waals surface area contributed by atoms with Crippen molar-refractivity contribution in [2.24, 2.45) is 0 Å². The van der Waals surface area contributed by atoms with Gasteiger partial charge in [-0.15, -0.1) is 0 Å². The van der Waals surface area contributed by atoms with Gasteiger partial charge in [-0.25, -0.2) is 0 Å². The molecule has 0 aliphatic carbocycles. The minimum Gasteiger partial charge on any atom is -0.356 e. The van der Waals surface area contributed by atoms with Crippen molar-refractivity contribution in [3.05, 3.63) is 60.2 Å². The summed E-state index contributed by atoms with van der Waals surface area (Å²) in [6.45, 7) is 0. The van der Waals surface area contributed by atoms with E-state index in [0.717, 1.165) is 16.9 Å². The van der Waals surface area contributed by atoms with Crippen LogP contribution in [0.1, 0.15) is 12.0 Å². The van der Waals surface area contributed by atoms with E-state index in [4.69, 9.17) is 5.26 Å². The van der Waals surface area contributed by atoms with Crippen molar-refractivity contribution in [3.8, 4) is 17.9 Å². The number of hydrogen-bond donors (Lipinski definition) is 1. The van der Waals surface area contributed by atoms with Gasteiger partial charge in [-0.1, -0.05) is 30.0 Å². The minimum absolute atomic E-state index is 0.268. The van der Waals surface area contributed by atoms with Gasteiger partial charge in [0.05, 0.1) is 12.5 Å². The van der Waals surface area contributed by atoms with Crippen molar-refractivity contribution in [2.45, 2.75) is 6.42 Å².